The number of anilines is 2. The number of alkyl halides is 3. The number of benzene rings is 1. The van der Waals surface area contributed by atoms with Gasteiger partial charge in [-0.1, -0.05) is 17.3 Å². The quantitative estimate of drug-likeness (QED) is 0.176. The molecule has 232 valence electrons. The minimum Gasteiger partial charge on any atom is -0.383 e. The molecule has 0 saturated heterocycles. The van der Waals surface area contributed by atoms with Crippen molar-refractivity contribution in [2.45, 2.75) is 50.9 Å². The highest BCUT2D eigenvalue weighted by molar-refractivity contribution is 7.15. The second-order valence-electron chi connectivity index (χ2n) is 10.9. The lowest BCUT2D eigenvalue weighted by molar-refractivity contribution is -0.141. The molecule has 1 amide bonds. The smallest absolute Gasteiger partial charge is 0.383 e. The number of carbonyl (C=O) groups excluding carboxylic acids is 1. The summed E-state index contributed by atoms with van der Waals surface area (Å²) in [6, 6.07) is 13.5. The summed E-state index contributed by atoms with van der Waals surface area (Å²) in [5, 5.41) is 21.8. The number of thiazole rings is 1. The highest BCUT2D eigenvalue weighted by Crippen LogP contribution is 2.43. The van der Waals surface area contributed by atoms with Crippen LogP contribution < -0.4 is 10.6 Å². The monoisotopic (exact) mass is 635 g/mol. The summed E-state index contributed by atoms with van der Waals surface area (Å²) < 4.78 is 44.6. The van der Waals surface area contributed by atoms with E-state index in [0.29, 0.717) is 53.5 Å². The van der Waals surface area contributed by atoms with Crippen LogP contribution in [0.1, 0.15) is 47.7 Å². The molecule has 0 aliphatic heterocycles. The number of nitrogens with zero attached hydrogens (tertiary/aromatic N) is 5. The molecule has 6 rings (SSSR count). The zero-order chi connectivity index (χ0) is 31.6. The molecule has 4 aromatic heterocycles. The largest absolute Gasteiger partial charge is 0.433 e. The number of nitrogens with one attached hydrogen (secondary N) is 2. The third-order valence-corrected chi connectivity index (χ3v) is 8.81. The molecule has 0 atom stereocenters. The van der Waals surface area contributed by atoms with E-state index in [2.05, 4.69) is 35.7 Å². The SMILES string of the molecule is Cc1cc(Nc2nccc(C(F)(F)F)n2)cc(-c2cnc(C3(O)CCC(C(=O)NCc4cc(-c5ccccn5)no4)CC3)s2)c1. The van der Waals surface area contributed by atoms with E-state index >= 15 is 0 Å². The number of amides is 1. The van der Waals surface area contributed by atoms with Gasteiger partial charge in [-0.2, -0.15) is 13.2 Å². The maximum absolute atomic E-state index is 13.1. The standard InChI is InChI=1S/C31H28F3N7O3S/c1-18-12-20(14-21(13-18)39-29-36-11-7-26(40-29)31(32,33)34)25-17-38-28(45-25)30(43)8-5-19(6-9-30)27(42)37-16-22-15-24(41-44-22)23-4-2-3-10-35-23/h2-4,7,10-15,17,19,43H,5-6,8-9,16H2,1H3,(H,37,42)(H,36,39,40). The first-order valence-corrected chi connectivity index (χ1v) is 15.0. The summed E-state index contributed by atoms with van der Waals surface area (Å²) in [5.74, 6) is -0.0244. The Hall–Kier alpha value is -4.69. The van der Waals surface area contributed by atoms with Gasteiger partial charge in [0.15, 0.2) is 5.76 Å². The molecule has 0 spiro atoms. The lowest BCUT2D eigenvalue weighted by Gasteiger charge is -2.33. The average molecular weight is 636 g/mol. The minimum atomic E-state index is -4.58. The molecule has 1 saturated carbocycles. The number of aromatic nitrogens is 5. The summed E-state index contributed by atoms with van der Waals surface area (Å²) in [4.78, 5) is 29.9. The van der Waals surface area contributed by atoms with Crippen molar-refractivity contribution in [3.8, 4) is 21.8 Å². The van der Waals surface area contributed by atoms with E-state index in [1.807, 2.05) is 31.2 Å². The van der Waals surface area contributed by atoms with Crippen LogP contribution in [-0.4, -0.2) is 36.1 Å². The van der Waals surface area contributed by atoms with Gasteiger partial charge in [0.05, 0.1) is 17.1 Å². The Morgan fingerprint density at radius 3 is 2.64 bits per heavy atom. The van der Waals surface area contributed by atoms with Gasteiger partial charge >= 0.3 is 6.18 Å². The van der Waals surface area contributed by atoms with Crippen molar-refractivity contribution < 1.29 is 27.6 Å². The number of aryl methyl sites for hydroxylation is 1. The van der Waals surface area contributed by atoms with Gasteiger partial charge < -0.3 is 20.3 Å². The van der Waals surface area contributed by atoms with E-state index in [1.165, 1.54) is 11.3 Å². The molecule has 0 radical (unpaired) electrons. The zero-order valence-electron chi connectivity index (χ0n) is 24.0. The van der Waals surface area contributed by atoms with Gasteiger partial charge in [0.1, 0.15) is 22.0 Å². The predicted molar refractivity (Wildman–Crippen MR) is 160 cm³/mol. The van der Waals surface area contributed by atoms with E-state index < -0.39 is 17.5 Å². The van der Waals surface area contributed by atoms with Crippen molar-refractivity contribution >= 4 is 28.9 Å². The molecule has 1 fully saturated rings. The number of aliphatic hydroxyl groups is 1. The van der Waals surface area contributed by atoms with Gasteiger partial charge in [0.25, 0.3) is 0 Å². The lowest BCUT2D eigenvalue weighted by Crippen LogP contribution is -2.38. The number of halogens is 3. The lowest BCUT2D eigenvalue weighted by atomic mass is 9.78. The van der Waals surface area contributed by atoms with Gasteiger partial charge in [-0.25, -0.2) is 15.0 Å². The first kappa shape index (κ1) is 30.3. The van der Waals surface area contributed by atoms with Crippen molar-refractivity contribution in [3.05, 3.63) is 89.1 Å². The van der Waals surface area contributed by atoms with Gasteiger partial charge in [-0.05, 0) is 74.1 Å². The molecular formula is C31H28F3N7O3S. The van der Waals surface area contributed by atoms with Crippen LogP contribution in [0.3, 0.4) is 0 Å². The summed E-state index contributed by atoms with van der Waals surface area (Å²) in [6.45, 7) is 2.06. The Labute approximate surface area is 259 Å². The van der Waals surface area contributed by atoms with E-state index in [-0.39, 0.29) is 24.3 Å². The third-order valence-electron chi connectivity index (χ3n) is 7.57. The van der Waals surface area contributed by atoms with E-state index in [4.69, 9.17) is 4.52 Å². The van der Waals surface area contributed by atoms with E-state index in [1.54, 1.807) is 30.6 Å². The average Bonchev–Trinajstić information content (AvgIpc) is 3.72. The summed E-state index contributed by atoms with van der Waals surface area (Å²) >= 11 is 1.34. The fourth-order valence-electron chi connectivity index (χ4n) is 5.25. The van der Waals surface area contributed by atoms with Crippen LogP contribution in [0, 0.1) is 12.8 Å². The zero-order valence-corrected chi connectivity index (χ0v) is 24.8. The van der Waals surface area contributed by atoms with Crippen molar-refractivity contribution in [2.75, 3.05) is 5.32 Å². The van der Waals surface area contributed by atoms with Crippen LogP contribution in [0.4, 0.5) is 24.8 Å². The molecule has 1 aliphatic rings. The molecule has 10 nitrogen and oxygen atoms in total. The molecular weight excluding hydrogens is 607 g/mol. The van der Waals surface area contributed by atoms with Crippen LogP contribution >= 0.6 is 11.3 Å². The Balaban J connectivity index is 1.07. The molecule has 14 heteroatoms. The molecule has 0 unspecified atom stereocenters. The first-order valence-electron chi connectivity index (χ1n) is 14.2. The summed E-state index contributed by atoms with van der Waals surface area (Å²) in [6.07, 6.45) is 1.54. The van der Waals surface area contributed by atoms with Crippen LogP contribution in [0.5, 0.6) is 0 Å². The Morgan fingerprint density at radius 2 is 1.89 bits per heavy atom. The second kappa shape index (κ2) is 12.4. The van der Waals surface area contributed by atoms with Gasteiger partial charge in [-0.15, -0.1) is 11.3 Å². The van der Waals surface area contributed by atoms with Crippen LogP contribution in [0.15, 0.2) is 71.6 Å². The maximum atomic E-state index is 13.1. The Kier molecular flexibility index (Phi) is 8.34. The van der Waals surface area contributed by atoms with E-state index in [0.717, 1.165) is 28.3 Å². The molecule has 45 heavy (non-hydrogen) atoms. The van der Waals surface area contributed by atoms with Gasteiger partial charge in [-0.3, -0.25) is 9.78 Å². The number of rotatable bonds is 8. The normalized spacial score (nSPS) is 18.5. The molecule has 1 aliphatic carbocycles. The highest BCUT2D eigenvalue weighted by atomic mass is 32.1. The number of carbonyl (C=O) groups is 1. The molecule has 4 heterocycles. The Bertz CT molecular complexity index is 1800. The van der Waals surface area contributed by atoms with Crippen LogP contribution in [0.25, 0.3) is 21.8 Å². The van der Waals surface area contributed by atoms with Crippen molar-refractivity contribution in [2.24, 2.45) is 5.92 Å². The fraction of sp³-hybridized carbons (Fsp3) is 0.290. The second-order valence-corrected chi connectivity index (χ2v) is 12.0. The topological polar surface area (TPSA) is 139 Å². The summed E-state index contributed by atoms with van der Waals surface area (Å²) in [5.41, 5.74) is 1.23. The van der Waals surface area contributed by atoms with E-state index in [9.17, 15) is 23.1 Å². The maximum Gasteiger partial charge on any atom is 0.433 e. The van der Waals surface area contributed by atoms with Crippen LogP contribution in [-0.2, 0) is 23.1 Å². The van der Waals surface area contributed by atoms with Gasteiger partial charge in [0, 0.05) is 36.3 Å². The molecule has 3 N–H and O–H groups in total. The van der Waals surface area contributed by atoms with Crippen molar-refractivity contribution in [1.82, 2.24) is 30.4 Å². The fourth-order valence-corrected chi connectivity index (χ4v) is 6.30. The van der Waals surface area contributed by atoms with Crippen LogP contribution in [0.2, 0.25) is 0 Å². The van der Waals surface area contributed by atoms with Gasteiger partial charge in [0.2, 0.25) is 11.9 Å². The van der Waals surface area contributed by atoms with Crippen molar-refractivity contribution in [3.63, 3.8) is 0 Å². The molecule has 5 aromatic rings. The highest BCUT2D eigenvalue weighted by Gasteiger charge is 2.39. The number of hydrogen-bond donors (Lipinski definition) is 3. The minimum absolute atomic E-state index is 0.114. The number of hydrogen-bond acceptors (Lipinski definition) is 10. The summed E-state index contributed by atoms with van der Waals surface area (Å²) in [7, 11) is 0. The number of pyridine rings is 1. The predicted octanol–water partition coefficient (Wildman–Crippen LogP) is 6.42. The Morgan fingerprint density at radius 1 is 1.07 bits per heavy atom. The third kappa shape index (κ3) is 7.02. The molecule has 1 aromatic carbocycles. The molecule has 0 bridgehead atoms. The first-order chi connectivity index (χ1) is 21.6. The van der Waals surface area contributed by atoms with Crippen molar-refractivity contribution in [1.29, 1.82) is 0 Å².